The highest BCUT2D eigenvalue weighted by Crippen LogP contribution is 2.20. The second-order valence-electron chi connectivity index (χ2n) is 4.38. The molecular weight excluding hydrogens is 322 g/mol. The molecule has 0 fully saturated rings. The molecule has 1 heterocycles. The fraction of sp³-hybridized carbons (Fsp3) is 0.143. The summed E-state index contributed by atoms with van der Waals surface area (Å²) in [4.78, 5) is 23.6. The molecule has 2 rings (SSSR count). The van der Waals surface area contributed by atoms with E-state index in [1.807, 2.05) is 6.92 Å². The molecule has 0 aliphatic heterocycles. The Balaban J connectivity index is 2.15. The van der Waals surface area contributed by atoms with Gasteiger partial charge in [-0.05, 0) is 46.6 Å². The highest BCUT2D eigenvalue weighted by Gasteiger charge is 2.08. The maximum Gasteiger partial charge on any atom is 0.251 e. The minimum absolute atomic E-state index is 0.0491. The van der Waals surface area contributed by atoms with Gasteiger partial charge in [-0.3, -0.25) is 9.59 Å². The Morgan fingerprint density at radius 1 is 1.35 bits per heavy atom. The fourth-order valence-corrected chi connectivity index (χ4v) is 2.14. The van der Waals surface area contributed by atoms with Gasteiger partial charge in [0.1, 0.15) is 6.54 Å². The van der Waals surface area contributed by atoms with Gasteiger partial charge < -0.3 is 15.6 Å². The molecule has 1 amide bonds. The molecule has 0 saturated carbocycles. The van der Waals surface area contributed by atoms with E-state index in [1.165, 1.54) is 10.6 Å². The summed E-state index contributed by atoms with van der Waals surface area (Å²) in [6.45, 7) is 1.78. The Labute approximate surface area is 124 Å². The number of nitrogens with one attached hydrogen (secondary N) is 1. The highest BCUT2D eigenvalue weighted by molar-refractivity contribution is 9.10. The predicted molar refractivity (Wildman–Crippen MR) is 82.6 cm³/mol. The number of rotatable bonds is 3. The number of nitrogens with two attached hydrogens (primary N) is 1. The van der Waals surface area contributed by atoms with Crippen LogP contribution >= 0.6 is 15.9 Å². The van der Waals surface area contributed by atoms with Crippen LogP contribution in [-0.2, 0) is 11.3 Å². The van der Waals surface area contributed by atoms with Crippen molar-refractivity contribution < 1.29 is 4.79 Å². The molecule has 0 atom stereocenters. The first kappa shape index (κ1) is 14.3. The topological polar surface area (TPSA) is 77.1 Å². The molecule has 3 N–H and O–H groups in total. The van der Waals surface area contributed by atoms with Crippen LogP contribution in [0.1, 0.15) is 5.56 Å². The second kappa shape index (κ2) is 5.92. The number of pyridine rings is 1. The molecule has 0 unspecified atom stereocenters. The number of amides is 1. The van der Waals surface area contributed by atoms with Crippen molar-refractivity contribution in [3.63, 3.8) is 0 Å². The predicted octanol–water partition coefficient (Wildman–Crippen LogP) is 2.14. The van der Waals surface area contributed by atoms with Crippen LogP contribution in [0.4, 0.5) is 11.4 Å². The largest absolute Gasteiger partial charge is 0.398 e. The summed E-state index contributed by atoms with van der Waals surface area (Å²) >= 11 is 3.27. The average Bonchev–Trinajstić information content (AvgIpc) is 2.39. The number of hydrogen-bond acceptors (Lipinski definition) is 3. The molecule has 1 aromatic heterocycles. The molecule has 2 aromatic rings. The van der Waals surface area contributed by atoms with E-state index in [-0.39, 0.29) is 18.0 Å². The van der Waals surface area contributed by atoms with E-state index in [1.54, 1.807) is 30.5 Å². The highest BCUT2D eigenvalue weighted by atomic mass is 79.9. The monoisotopic (exact) mass is 335 g/mol. The van der Waals surface area contributed by atoms with E-state index in [9.17, 15) is 9.59 Å². The molecule has 104 valence electrons. The number of hydrogen-bond donors (Lipinski definition) is 2. The summed E-state index contributed by atoms with van der Waals surface area (Å²) in [5, 5.41) is 2.75. The van der Waals surface area contributed by atoms with Crippen LogP contribution in [0.2, 0.25) is 0 Å². The van der Waals surface area contributed by atoms with E-state index in [2.05, 4.69) is 21.2 Å². The summed E-state index contributed by atoms with van der Waals surface area (Å²) in [5.41, 5.74) is 7.62. The SMILES string of the molecule is Cc1c(N)cccc1NC(=O)Cn1cc(Br)ccc1=O. The first-order valence-electron chi connectivity index (χ1n) is 5.98. The van der Waals surface area contributed by atoms with Crippen LogP contribution in [0.5, 0.6) is 0 Å². The number of halogens is 1. The van der Waals surface area contributed by atoms with Crippen molar-refractivity contribution in [2.75, 3.05) is 11.1 Å². The molecule has 5 nitrogen and oxygen atoms in total. The molecular formula is C14H14BrN3O2. The Bertz CT molecular complexity index is 710. The third-order valence-corrected chi connectivity index (χ3v) is 3.38. The van der Waals surface area contributed by atoms with E-state index in [0.29, 0.717) is 11.4 Å². The number of nitrogens with zero attached hydrogens (tertiary/aromatic N) is 1. The van der Waals surface area contributed by atoms with E-state index >= 15 is 0 Å². The van der Waals surface area contributed by atoms with Gasteiger partial charge >= 0.3 is 0 Å². The molecule has 0 spiro atoms. The van der Waals surface area contributed by atoms with Crippen molar-refractivity contribution in [2.24, 2.45) is 0 Å². The fourth-order valence-electron chi connectivity index (χ4n) is 1.76. The summed E-state index contributed by atoms with van der Waals surface area (Å²) < 4.78 is 2.08. The van der Waals surface area contributed by atoms with Crippen LogP contribution in [0.15, 0.2) is 45.8 Å². The average molecular weight is 336 g/mol. The zero-order valence-electron chi connectivity index (χ0n) is 10.9. The van der Waals surface area contributed by atoms with Crippen LogP contribution in [0, 0.1) is 6.92 Å². The van der Waals surface area contributed by atoms with Crippen molar-refractivity contribution in [3.8, 4) is 0 Å². The molecule has 1 aromatic carbocycles. The number of aromatic nitrogens is 1. The first-order chi connectivity index (χ1) is 9.47. The first-order valence-corrected chi connectivity index (χ1v) is 6.77. The van der Waals surface area contributed by atoms with Gasteiger partial charge in [-0.15, -0.1) is 0 Å². The van der Waals surface area contributed by atoms with Gasteiger partial charge in [0.25, 0.3) is 5.56 Å². The zero-order chi connectivity index (χ0) is 14.7. The number of anilines is 2. The number of carbonyl (C=O) groups is 1. The van der Waals surface area contributed by atoms with Gasteiger partial charge in [-0.1, -0.05) is 6.07 Å². The van der Waals surface area contributed by atoms with Crippen LogP contribution in [-0.4, -0.2) is 10.5 Å². The van der Waals surface area contributed by atoms with Crippen molar-refractivity contribution in [1.29, 1.82) is 0 Å². The maximum absolute atomic E-state index is 12.0. The lowest BCUT2D eigenvalue weighted by Crippen LogP contribution is -2.26. The lowest BCUT2D eigenvalue weighted by molar-refractivity contribution is -0.116. The second-order valence-corrected chi connectivity index (χ2v) is 5.30. The van der Waals surface area contributed by atoms with Gasteiger partial charge in [0.15, 0.2) is 0 Å². The van der Waals surface area contributed by atoms with Crippen LogP contribution in [0.3, 0.4) is 0 Å². The van der Waals surface area contributed by atoms with Gasteiger partial charge in [-0.25, -0.2) is 0 Å². The molecule has 0 saturated heterocycles. The molecule has 0 aliphatic rings. The Hall–Kier alpha value is -2.08. The van der Waals surface area contributed by atoms with Gasteiger partial charge in [0, 0.05) is 28.1 Å². The number of nitrogen functional groups attached to an aromatic ring is 1. The van der Waals surface area contributed by atoms with Gasteiger partial charge in [-0.2, -0.15) is 0 Å². The lowest BCUT2D eigenvalue weighted by Gasteiger charge is -2.11. The Morgan fingerprint density at radius 3 is 2.85 bits per heavy atom. The lowest BCUT2D eigenvalue weighted by atomic mass is 10.1. The van der Waals surface area contributed by atoms with Crippen LogP contribution in [0.25, 0.3) is 0 Å². The number of benzene rings is 1. The molecule has 0 radical (unpaired) electrons. The molecule has 0 aliphatic carbocycles. The van der Waals surface area contributed by atoms with E-state index in [4.69, 9.17) is 5.73 Å². The minimum Gasteiger partial charge on any atom is -0.398 e. The van der Waals surface area contributed by atoms with Crippen molar-refractivity contribution >= 4 is 33.2 Å². The smallest absolute Gasteiger partial charge is 0.251 e. The summed E-state index contributed by atoms with van der Waals surface area (Å²) in [6.07, 6.45) is 1.58. The minimum atomic E-state index is -0.279. The summed E-state index contributed by atoms with van der Waals surface area (Å²) in [5.74, 6) is -0.279. The van der Waals surface area contributed by atoms with Crippen LogP contribution < -0.4 is 16.6 Å². The van der Waals surface area contributed by atoms with Gasteiger partial charge in [0.2, 0.25) is 5.91 Å². The van der Waals surface area contributed by atoms with Crippen molar-refractivity contribution in [3.05, 3.63) is 56.9 Å². The van der Waals surface area contributed by atoms with E-state index < -0.39 is 0 Å². The number of carbonyl (C=O) groups excluding carboxylic acids is 1. The maximum atomic E-state index is 12.0. The standard InChI is InChI=1S/C14H14BrN3O2/c1-9-11(16)3-2-4-12(9)17-13(19)8-18-7-10(15)5-6-14(18)20/h2-7H,8,16H2,1H3,(H,17,19). The molecule has 0 bridgehead atoms. The molecule has 20 heavy (non-hydrogen) atoms. The third kappa shape index (κ3) is 3.27. The van der Waals surface area contributed by atoms with Crippen molar-refractivity contribution in [2.45, 2.75) is 13.5 Å². The Morgan fingerprint density at radius 2 is 2.10 bits per heavy atom. The third-order valence-electron chi connectivity index (χ3n) is 2.91. The zero-order valence-corrected chi connectivity index (χ0v) is 12.5. The van der Waals surface area contributed by atoms with E-state index in [0.717, 1.165) is 10.0 Å². The van der Waals surface area contributed by atoms with Crippen molar-refractivity contribution in [1.82, 2.24) is 4.57 Å². The molecule has 6 heteroatoms. The van der Waals surface area contributed by atoms with Gasteiger partial charge in [0.05, 0.1) is 0 Å². The summed E-state index contributed by atoms with van der Waals surface area (Å²) in [7, 11) is 0. The summed E-state index contributed by atoms with van der Waals surface area (Å²) in [6, 6.07) is 8.35. The Kier molecular flexibility index (Phi) is 4.24. The quantitative estimate of drug-likeness (QED) is 0.843. The normalized spacial score (nSPS) is 10.3.